The average Bonchev–Trinajstić information content (AvgIpc) is 1.72. The van der Waals surface area contributed by atoms with Gasteiger partial charge < -0.3 is 29.3 Å². The molecule has 0 bridgehead atoms. The van der Waals surface area contributed by atoms with E-state index in [1.54, 1.807) is 152 Å². The Morgan fingerprint density at radius 1 is 0.444 bits per heavy atom. The number of rotatable bonds is 15. The molecule has 0 saturated carbocycles. The smallest absolute Gasteiger partial charge is 0.215 e. The lowest BCUT2D eigenvalue weighted by atomic mass is 10.1. The molecule has 0 unspecified atom stereocenters. The number of pyridine rings is 3. The topological polar surface area (TPSA) is 287 Å². The minimum atomic E-state index is -3.36. The van der Waals surface area contributed by atoms with Gasteiger partial charge in [0.2, 0.25) is 11.8 Å². The Bertz CT molecular complexity index is 4960. The van der Waals surface area contributed by atoms with E-state index in [2.05, 4.69) is 49.8 Å². The molecule has 21 nitrogen and oxygen atoms in total. The van der Waals surface area contributed by atoms with Gasteiger partial charge in [0.15, 0.2) is 46.5 Å². The number of sulfone groups is 3. The van der Waals surface area contributed by atoms with Crippen LogP contribution in [0.3, 0.4) is 0 Å². The molecule has 0 amide bonds. The van der Waals surface area contributed by atoms with Gasteiger partial charge in [0, 0.05) is 111 Å². The van der Waals surface area contributed by atoms with Gasteiger partial charge in [-0.15, -0.1) is 0 Å². The number of hydrogen-bond acceptors (Lipinski definition) is 18. The monoisotopic (exact) mass is 1280 g/mol. The quantitative estimate of drug-likeness (QED) is 0.0859. The van der Waals surface area contributed by atoms with E-state index < -0.39 is 51.1 Å². The molecule has 25 heteroatoms. The number of aryl methyl sites for hydroxylation is 1. The van der Waals surface area contributed by atoms with Crippen LogP contribution in [0.4, 0.5) is 10.2 Å². The molecule has 0 spiro atoms. The highest BCUT2D eigenvalue weighted by molar-refractivity contribution is 7.92. The molecule has 0 aliphatic carbocycles. The van der Waals surface area contributed by atoms with Gasteiger partial charge in [-0.25, -0.2) is 74.5 Å². The molecule has 0 radical (unpaired) electrons. The molecule has 12 aromatic rings. The first-order valence-electron chi connectivity index (χ1n) is 28.3. The number of benzene rings is 3. The fraction of sp³-hybridized carbons (Fsp3) is 0.215. The van der Waals surface area contributed by atoms with Crippen LogP contribution in [0.5, 0.6) is 11.8 Å². The molecule has 3 N–H and O–H groups in total. The van der Waals surface area contributed by atoms with Crippen LogP contribution < -0.4 is 14.4 Å². The average molecular weight is 1280 g/mol. The summed E-state index contributed by atoms with van der Waals surface area (Å²) in [4.78, 5) is 52.3. The molecule has 12 rings (SSSR count). The molecule has 0 fully saturated rings. The number of methoxy groups -OCH3 is 2. The number of nitrogens with one attached hydrogen (secondary N) is 3. The molecule has 468 valence electrons. The summed E-state index contributed by atoms with van der Waals surface area (Å²) in [5, 5.41) is -1.44. The zero-order valence-electron chi connectivity index (χ0n) is 51.0. The van der Waals surface area contributed by atoms with Crippen LogP contribution in [0.15, 0.2) is 168 Å². The third kappa shape index (κ3) is 12.9. The zero-order valence-corrected chi connectivity index (χ0v) is 53.5. The van der Waals surface area contributed by atoms with Crippen LogP contribution in [-0.4, -0.2) is 129 Å². The minimum Gasteiger partial charge on any atom is -0.481 e. The maximum Gasteiger partial charge on any atom is 0.215 e. The van der Waals surface area contributed by atoms with Gasteiger partial charge in [-0.2, -0.15) is 0 Å². The zero-order chi connectivity index (χ0) is 64.4. The van der Waals surface area contributed by atoms with E-state index in [9.17, 15) is 29.6 Å². The maximum atomic E-state index is 14.4. The van der Waals surface area contributed by atoms with Crippen molar-refractivity contribution in [1.29, 1.82) is 0 Å². The summed E-state index contributed by atoms with van der Waals surface area (Å²) in [7, 11) is -3.03. The molecule has 90 heavy (non-hydrogen) atoms. The number of aromatic nitrogens is 12. The van der Waals surface area contributed by atoms with Crippen molar-refractivity contribution in [2.45, 2.75) is 78.9 Å². The summed E-state index contributed by atoms with van der Waals surface area (Å²) in [5.74, 6) is 1.24. The first-order valence-corrected chi connectivity index (χ1v) is 32.9. The Labute approximate surface area is 524 Å². The molecular formula is C65H70FN13O8S3. The Morgan fingerprint density at radius 3 is 1.20 bits per heavy atom. The molecule has 0 aliphatic rings. The third-order valence-corrected chi connectivity index (χ3v) is 21.3. The number of H-pyrrole nitrogens is 3. The standard InChI is InChI=1S/C22H23N5O2S.C22H22N4O3S.C21H19FN4O3S.3H2/c1-14(2)30(28,29)17-8-5-15(6-9-17)19-13-25-22-21(26-19)18(12-24-22)16-7-10-20(23-11-16)27(3)4;1-13(2)30(27,28)17-7-5-15(6-8-17)19-12-24-21-20(26-19)18(11-23-21)16-9-14(3)22(29-4)25-10-16;1-12(2)30(27,28)14-6-4-13(5-7-14)18-11-25-21-20(26-18)16(9-24-21)15-8-19(29-3)23-10-17(15)22;;;/h5-14H,1-4H3,(H,24,25);5-13H,1-4H3,(H,23,24);4-12H,1-3H3,(H,24,25);3*1H. The number of ether oxygens (including phenoxy) is 2. The highest BCUT2D eigenvalue weighted by atomic mass is 32.2. The van der Waals surface area contributed by atoms with Gasteiger partial charge >= 0.3 is 0 Å². The molecular weight excluding hydrogens is 1210 g/mol. The second kappa shape index (κ2) is 25.7. The molecule has 3 aromatic carbocycles. The van der Waals surface area contributed by atoms with Crippen molar-refractivity contribution in [2.75, 3.05) is 33.2 Å². The molecule has 0 atom stereocenters. The van der Waals surface area contributed by atoms with Gasteiger partial charge in [-0.3, -0.25) is 0 Å². The van der Waals surface area contributed by atoms with E-state index in [0.717, 1.165) is 62.0 Å². The summed E-state index contributed by atoms with van der Waals surface area (Å²) in [6, 6.07) is 27.5. The van der Waals surface area contributed by atoms with Gasteiger partial charge in [-0.1, -0.05) is 36.4 Å². The van der Waals surface area contributed by atoms with Gasteiger partial charge in [-0.05, 0) is 103 Å². The summed E-state index contributed by atoms with van der Waals surface area (Å²) in [5.41, 5.74) is 13.4. The van der Waals surface area contributed by atoms with Crippen LogP contribution in [-0.2, 0) is 29.5 Å². The highest BCUT2D eigenvalue weighted by Crippen LogP contribution is 2.35. The van der Waals surface area contributed by atoms with Crippen molar-refractivity contribution < 1.29 is 43.4 Å². The van der Waals surface area contributed by atoms with Crippen LogP contribution in [0.2, 0.25) is 0 Å². The minimum absolute atomic E-state index is 0. The number of fused-ring (bicyclic) bond motifs is 3. The molecule has 9 heterocycles. The van der Waals surface area contributed by atoms with Crippen molar-refractivity contribution in [3.63, 3.8) is 0 Å². The number of aromatic amines is 3. The normalized spacial score (nSPS) is 11.9. The van der Waals surface area contributed by atoms with E-state index in [4.69, 9.17) is 19.4 Å². The number of anilines is 1. The second-order valence-corrected chi connectivity index (χ2v) is 29.4. The van der Waals surface area contributed by atoms with Gasteiger partial charge in [0.05, 0.1) is 86.5 Å². The van der Waals surface area contributed by atoms with E-state index in [1.165, 1.54) is 13.2 Å². The van der Waals surface area contributed by atoms with Crippen molar-refractivity contribution in [1.82, 2.24) is 59.8 Å². The summed E-state index contributed by atoms with van der Waals surface area (Å²) >= 11 is 0. The maximum absolute atomic E-state index is 14.4. The fourth-order valence-corrected chi connectivity index (χ4v) is 12.6. The first kappa shape index (κ1) is 63.2. The van der Waals surface area contributed by atoms with Crippen molar-refractivity contribution >= 4 is 68.8 Å². The molecule has 9 aromatic heterocycles. The number of hydrogen-bond donors (Lipinski definition) is 3. The highest BCUT2D eigenvalue weighted by Gasteiger charge is 2.23. The van der Waals surface area contributed by atoms with E-state index in [1.807, 2.05) is 62.7 Å². The Kier molecular flexibility index (Phi) is 18.0. The number of halogens is 1. The predicted octanol–water partition coefficient (Wildman–Crippen LogP) is 12.9. The molecule has 0 saturated heterocycles. The lowest BCUT2D eigenvalue weighted by Crippen LogP contribution is -2.13. The Morgan fingerprint density at radius 2 is 0.833 bits per heavy atom. The Balaban J connectivity index is 0.000000194. The van der Waals surface area contributed by atoms with Crippen molar-refractivity contribution in [2.24, 2.45) is 0 Å². The molecule has 0 aliphatic heterocycles. The van der Waals surface area contributed by atoms with Crippen LogP contribution in [0.1, 0.15) is 51.4 Å². The van der Waals surface area contributed by atoms with Crippen LogP contribution >= 0.6 is 0 Å². The van der Waals surface area contributed by atoms with E-state index in [0.29, 0.717) is 66.3 Å². The third-order valence-electron chi connectivity index (χ3n) is 14.8. The van der Waals surface area contributed by atoms with Gasteiger partial charge in [0.25, 0.3) is 0 Å². The lowest BCUT2D eigenvalue weighted by Gasteiger charge is -2.11. The van der Waals surface area contributed by atoms with Crippen molar-refractivity contribution in [3.8, 4) is 78.9 Å². The summed E-state index contributed by atoms with van der Waals surface area (Å²) in [6.07, 6.45) is 15.0. The predicted molar refractivity (Wildman–Crippen MR) is 353 cm³/mol. The van der Waals surface area contributed by atoms with Crippen molar-refractivity contribution in [3.05, 3.63) is 164 Å². The fourth-order valence-electron chi connectivity index (χ4n) is 9.47. The Hall–Kier alpha value is -9.85. The van der Waals surface area contributed by atoms with Crippen LogP contribution in [0, 0.1) is 12.7 Å². The van der Waals surface area contributed by atoms with Gasteiger partial charge in [0.1, 0.15) is 28.2 Å². The SMILES string of the molecule is CC(C)S(=O)(=O)c1ccc(-c2cnc3[nH]cc(-c4ccc(N(C)C)nc4)c3n2)cc1.COc1cc(-c2c[nH]c3ncc(-c4ccc(S(=O)(=O)C(C)C)cc4)nc23)c(F)cn1.COc1ncc(-c2c[nH]c3ncc(-c4ccc(S(=O)(=O)C(C)C)cc4)nc23)cc1C.[HH].[HH].[HH]. The number of nitrogens with zero attached hydrogens (tertiary/aromatic N) is 10. The summed E-state index contributed by atoms with van der Waals surface area (Å²) < 4.78 is 98.8. The van der Waals surface area contributed by atoms with Crippen LogP contribution in [0.25, 0.3) is 101 Å². The first-order chi connectivity index (χ1) is 42.9. The summed E-state index contributed by atoms with van der Waals surface area (Å²) in [6.45, 7) is 11.9. The second-order valence-electron chi connectivity index (χ2n) is 21.9. The largest absolute Gasteiger partial charge is 0.481 e. The lowest BCUT2D eigenvalue weighted by molar-refractivity contribution is 0.394. The van der Waals surface area contributed by atoms with E-state index >= 15 is 0 Å². The van der Waals surface area contributed by atoms with E-state index in [-0.39, 0.29) is 20.6 Å².